The van der Waals surface area contributed by atoms with Crippen LogP contribution in [-0.2, 0) is 0 Å². The third-order valence-electron chi connectivity index (χ3n) is 4.55. The summed E-state index contributed by atoms with van der Waals surface area (Å²) in [5.74, 6) is 0. The fraction of sp³-hybridized carbons (Fsp3) is 0.647. The number of benzene rings is 1. The Bertz CT molecular complexity index is 446. The zero-order chi connectivity index (χ0) is 15.2. The average molecular weight is 355 g/mol. The fourth-order valence-corrected chi connectivity index (χ4v) is 3.67. The lowest BCUT2D eigenvalue weighted by Crippen LogP contribution is -2.39. The molecule has 0 radical (unpaired) electrons. The molecule has 21 heavy (non-hydrogen) atoms. The number of aliphatic hydroxyl groups excluding tert-OH is 1. The largest absolute Gasteiger partial charge is 0.395 e. The van der Waals surface area contributed by atoms with E-state index >= 15 is 0 Å². The van der Waals surface area contributed by atoms with Crippen LogP contribution in [0, 0.1) is 0 Å². The van der Waals surface area contributed by atoms with Crippen molar-refractivity contribution >= 4 is 21.6 Å². The molecule has 0 saturated heterocycles. The van der Waals surface area contributed by atoms with E-state index in [2.05, 4.69) is 51.3 Å². The Balaban J connectivity index is 2.34. The van der Waals surface area contributed by atoms with Crippen LogP contribution in [0.25, 0.3) is 0 Å². The van der Waals surface area contributed by atoms with Gasteiger partial charge >= 0.3 is 0 Å². The highest BCUT2D eigenvalue weighted by molar-refractivity contribution is 9.10. The molecular formula is C17H27BrN2O. The van der Waals surface area contributed by atoms with Gasteiger partial charge in [-0.15, -0.1) is 0 Å². The number of hydrogen-bond donors (Lipinski definition) is 2. The smallest absolute Gasteiger partial charge is 0.0606 e. The van der Waals surface area contributed by atoms with E-state index in [1.807, 2.05) is 7.05 Å². The molecule has 1 aromatic rings. The quantitative estimate of drug-likeness (QED) is 0.813. The lowest BCUT2D eigenvalue weighted by atomic mass is 9.92. The molecule has 0 heterocycles. The maximum Gasteiger partial charge on any atom is 0.0606 e. The van der Waals surface area contributed by atoms with Crippen LogP contribution in [-0.4, -0.2) is 31.3 Å². The Morgan fingerprint density at radius 1 is 1.33 bits per heavy atom. The lowest BCUT2D eigenvalue weighted by molar-refractivity contribution is 0.289. The van der Waals surface area contributed by atoms with Gasteiger partial charge in [0.15, 0.2) is 0 Å². The Morgan fingerprint density at radius 3 is 2.67 bits per heavy atom. The van der Waals surface area contributed by atoms with Gasteiger partial charge in [-0.25, -0.2) is 0 Å². The summed E-state index contributed by atoms with van der Waals surface area (Å²) < 4.78 is 1.11. The zero-order valence-corrected chi connectivity index (χ0v) is 14.7. The first-order valence-corrected chi connectivity index (χ1v) is 8.81. The first-order valence-electron chi connectivity index (χ1n) is 8.01. The van der Waals surface area contributed by atoms with Crippen molar-refractivity contribution in [3.63, 3.8) is 0 Å². The standard InChI is InChI=1S/C17H27BrN2O/c1-13(19-2)16-12-14(18)8-9-17(16)20(10-11-21)15-6-4-3-5-7-15/h8-9,12-13,15,19,21H,3-7,10-11H2,1-2H3. The van der Waals surface area contributed by atoms with Gasteiger partial charge in [-0.1, -0.05) is 35.2 Å². The molecule has 2 rings (SSSR count). The number of nitrogens with zero attached hydrogens (tertiary/aromatic N) is 1. The van der Waals surface area contributed by atoms with Crippen molar-refractivity contribution in [2.45, 2.75) is 51.1 Å². The molecule has 2 N–H and O–H groups in total. The zero-order valence-electron chi connectivity index (χ0n) is 13.1. The average Bonchev–Trinajstić information content (AvgIpc) is 2.53. The number of rotatable bonds is 6. The van der Waals surface area contributed by atoms with Gasteiger partial charge in [0.25, 0.3) is 0 Å². The molecule has 0 aromatic heterocycles. The van der Waals surface area contributed by atoms with Crippen LogP contribution in [0.4, 0.5) is 5.69 Å². The van der Waals surface area contributed by atoms with Crippen molar-refractivity contribution < 1.29 is 5.11 Å². The van der Waals surface area contributed by atoms with E-state index in [0.29, 0.717) is 12.1 Å². The molecule has 1 fully saturated rings. The fourth-order valence-electron chi connectivity index (χ4n) is 3.29. The topological polar surface area (TPSA) is 35.5 Å². The second-order valence-corrected chi connectivity index (χ2v) is 6.84. The molecule has 118 valence electrons. The summed E-state index contributed by atoms with van der Waals surface area (Å²) in [6.45, 7) is 3.11. The minimum Gasteiger partial charge on any atom is -0.395 e. The minimum atomic E-state index is 0.208. The van der Waals surface area contributed by atoms with Gasteiger partial charge < -0.3 is 15.3 Å². The summed E-state index contributed by atoms with van der Waals surface area (Å²) in [7, 11) is 1.99. The van der Waals surface area contributed by atoms with Gasteiger partial charge in [-0.2, -0.15) is 0 Å². The third-order valence-corrected chi connectivity index (χ3v) is 5.05. The Hall–Kier alpha value is -0.580. The minimum absolute atomic E-state index is 0.208. The maximum atomic E-state index is 9.50. The van der Waals surface area contributed by atoms with Crippen LogP contribution in [0.15, 0.2) is 22.7 Å². The normalized spacial score (nSPS) is 17.7. The molecule has 4 heteroatoms. The molecule has 0 spiro atoms. The van der Waals surface area contributed by atoms with Crippen LogP contribution in [0.2, 0.25) is 0 Å². The van der Waals surface area contributed by atoms with Gasteiger partial charge in [0.05, 0.1) is 6.61 Å². The highest BCUT2D eigenvalue weighted by Gasteiger charge is 2.24. The molecule has 1 aliphatic rings. The third kappa shape index (κ3) is 4.21. The summed E-state index contributed by atoms with van der Waals surface area (Å²) >= 11 is 3.58. The summed E-state index contributed by atoms with van der Waals surface area (Å²) in [4.78, 5) is 2.43. The molecule has 1 aromatic carbocycles. The van der Waals surface area contributed by atoms with E-state index < -0.39 is 0 Å². The second kappa shape index (κ2) is 8.16. The first kappa shape index (κ1) is 16.8. The Kier molecular flexibility index (Phi) is 6.52. The summed E-state index contributed by atoms with van der Waals surface area (Å²) in [6, 6.07) is 7.35. The van der Waals surface area contributed by atoms with Gasteiger partial charge in [0.2, 0.25) is 0 Å². The first-order chi connectivity index (χ1) is 10.2. The van der Waals surface area contributed by atoms with E-state index in [4.69, 9.17) is 0 Å². The molecule has 3 nitrogen and oxygen atoms in total. The number of aliphatic hydroxyl groups is 1. The molecule has 1 aliphatic carbocycles. The Morgan fingerprint density at radius 2 is 2.05 bits per heavy atom. The van der Waals surface area contributed by atoms with Crippen LogP contribution in [0.5, 0.6) is 0 Å². The van der Waals surface area contributed by atoms with Crippen molar-refractivity contribution in [3.05, 3.63) is 28.2 Å². The highest BCUT2D eigenvalue weighted by Crippen LogP contribution is 2.34. The summed E-state index contributed by atoms with van der Waals surface area (Å²) in [5.41, 5.74) is 2.56. The Labute approximate surface area is 136 Å². The number of halogens is 1. The highest BCUT2D eigenvalue weighted by atomic mass is 79.9. The SMILES string of the molecule is CNC(C)c1cc(Br)ccc1N(CCO)C1CCCCC1. The second-order valence-electron chi connectivity index (χ2n) is 5.92. The number of nitrogens with one attached hydrogen (secondary N) is 1. The van der Waals surface area contributed by atoms with Gasteiger partial charge in [-0.05, 0) is 50.6 Å². The van der Waals surface area contributed by atoms with Crippen LogP contribution >= 0.6 is 15.9 Å². The van der Waals surface area contributed by atoms with Crippen molar-refractivity contribution in [1.29, 1.82) is 0 Å². The van der Waals surface area contributed by atoms with Crippen LogP contribution in [0.3, 0.4) is 0 Å². The van der Waals surface area contributed by atoms with E-state index in [-0.39, 0.29) is 6.61 Å². The molecule has 1 saturated carbocycles. The van der Waals surface area contributed by atoms with Crippen LogP contribution in [0.1, 0.15) is 50.6 Å². The maximum absolute atomic E-state index is 9.50. The van der Waals surface area contributed by atoms with Gasteiger partial charge in [0, 0.05) is 28.8 Å². The number of anilines is 1. The van der Waals surface area contributed by atoms with Gasteiger partial charge in [-0.3, -0.25) is 0 Å². The predicted molar refractivity (Wildman–Crippen MR) is 92.9 cm³/mol. The van der Waals surface area contributed by atoms with Crippen LogP contribution < -0.4 is 10.2 Å². The molecule has 0 amide bonds. The monoisotopic (exact) mass is 354 g/mol. The summed E-state index contributed by atoms with van der Waals surface area (Å²) in [6.07, 6.45) is 6.44. The number of hydrogen-bond acceptors (Lipinski definition) is 3. The van der Waals surface area contributed by atoms with Crippen molar-refractivity contribution in [2.24, 2.45) is 0 Å². The molecule has 0 aliphatic heterocycles. The van der Waals surface area contributed by atoms with E-state index in [9.17, 15) is 5.11 Å². The summed E-state index contributed by atoms with van der Waals surface area (Å²) in [5, 5.41) is 12.8. The van der Waals surface area contributed by atoms with E-state index in [1.165, 1.54) is 43.4 Å². The molecule has 1 unspecified atom stereocenters. The van der Waals surface area contributed by atoms with Crippen molar-refractivity contribution in [1.82, 2.24) is 5.32 Å². The van der Waals surface area contributed by atoms with E-state index in [1.54, 1.807) is 0 Å². The van der Waals surface area contributed by atoms with Gasteiger partial charge in [0.1, 0.15) is 0 Å². The molecule has 0 bridgehead atoms. The lowest BCUT2D eigenvalue weighted by Gasteiger charge is -2.37. The van der Waals surface area contributed by atoms with E-state index in [0.717, 1.165) is 11.0 Å². The molecular weight excluding hydrogens is 328 g/mol. The predicted octanol–water partition coefficient (Wildman–Crippen LogP) is 3.86. The van der Waals surface area contributed by atoms with Crippen molar-refractivity contribution in [3.8, 4) is 0 Å². The molecule has 1 atom stereocenters. The van der Waals surface area contributed by atoms with Crippen molar-refractivity contribution in [2.75, 3.05) is 25.1 Å².